The first-order valence-corrected chi connectivity index (χ1v) is 11.1. The molecule has 1 aliphatic rings. The van der Waals surface area contributed by atoms with Crippen molar-refractivity contribution < 1.29 is 13.2 Å². The van der Waals surface area contributed by atoms with Gasteiger partial charge in [0.25, 0.3) is 10.0 Å². The lowest BCUT2D eigenvalue weighted by atomic mass is 10.1. The molecule has 0 saturated carbocycles. The van der Waals surface area contributed by atoms with Gasteiger partial charge in [-0.1, -0.05) is 30.3 Å². The Morgan fingerprint density at radius 1 is 1.04 bits per heavy atom. The zero-order valence-corrected chi connectivity index (χ0v) is 16.8. The summed E-state index contributed by atoms with van der Waals surface area (Å²) in [6.45, 7) is 1.57. The van der Waals surface area contributed by atoms with Gasteiger partial charge in [-0.2, -0.15) is 4.31 Å². The Balaban J connectivity index is 1.54. The number of rotatable bonds is 5. The molecule has 8 heteroatoms. The molecule has 134 valence electrons. The Kier molecular flexibility index (Phi) is 5.93. The Labute approximate surface area is 160 Å². The zero-order chi connectivity index (χ0) is 17.9. The maximum absolute atomic E-state index is 12.6. The number of piperazine rings is 1. The second-order valence-electron chi connectivity index (χ2n) is 5.83. The van der Waals surface area contributed by atoms with Gasteiger partial charge in [-0.05, 0) is 40.0 Å². The van der Waals surface area contributed by atoms with Crippen molar-refractivity contribution in [3.05, 3.63) is 51.8 Å². The van der Waals surface area contributed by atoms with Crippen LogP contribution in [-0.4, -0.2) is 49.7 Å². The van der Waals surface area contributed by atoms with Crippen LogP contribution in [0.5, 0.6) is 0 Å². The molecule has 5 nitrogen and oxygen atoms in total. The first-order valence-electron chi connectivity index (χ1n) is 8.04. The molecule has 1 fully saturated rings. The minimum absolute atomic E-state index is 0.0831. The van der Waals surface area contributed by atoms with Gasteiger partial charge in [-0.25, -0.2) is 8.42 Å². The molecule has 3 rings (SSSR count). The van der Waals surface area contributed by atoms with E-state index in [1.54, 1.807) is 17.0 Å². The van der Waals surface area contributed by atoms with Crippen molar-refractivity contribution in [1.82, 2.24) is 9.21 Å². The molecule has 25 heavy (non-hydrogen) atoms. The molecule has 1 saturated heterocycles. The first kappa shape index (κ1) is 18.6. The van der Waals surface area contributed by atoms with E-state index in [0.717, 1.165) is 9.35 Å². The number of carbonyl (C=O) groups excluding carboxylic acids is 1. The molecular formula is C17H19BrN2O3S2. The highest BCUT2D eigenvalue weighted by atomic mass is 79.9. The number of benzene rings is 1. The highest BCUT2D eigenvalue weighted by Crippen LogP contribution is 2.29. The Morgan fingerprint density at radius 3 is 2.32 bits per heavy atom. The maximum atomic E-state index is 12.6. The summed E-state index contributed by atoms with van der Waals surface area (Å²) >= 11 is 4.50. The quantitative estimate of drug-likeness (QED) is 0.714. The van der Waals surface area contributed by atoms with Crippen LogP contribution in [-0.2, 0) is 21.2 Å². The Hall–Kier alpha value is -1.22. The molecule has 1 amide bonds. The van der Waals surface area contributed by atoms with Crippen molar-refractivity contribution in [2.24, 2.45) is 0 Å². The summed E-state index contributed by atoms with van der Waals surface area (Å²) in [5.41, 5.74) is 1.14. The van der Waals surface area contributed by atoms with E-state index in [1.165, 1.54) is 15.6 Å². The van der Waals surface area contributed by atoms with E-state index >= 15 is 0 Å². The molecule has 2 aromatic rings. The van der Waals surface area contributed by atoms with Gasteiger partial charge in [0.1, 0.15) is 4.21 Å². The average molecular weight is 443 g/mol. The fourth-order valence-electron chi connectivity index (χ4n) is 2.80. The lowest BCUT2D eigenvalue weighted by Crippen LogP contribution is -2.50. The van der Waals surface area contributed by atoms with Crippen LogP contribution >= 0.6 is 27.3 Å². The van der Waals surface area contributed by atoms with Crippen molar-refractivity contribution >= 4 is 43.2 Å². The molecule has 0 radical (unpaired) electrons. The lowest BCUT2D eigenvalue weighted by molar-refractivity contribution is -0.132. The number of sulfonamides is 1. The molecule has 0 atom stereocenters. The van der Waals surface area contributed by atoms with Gasteiger partial charge < -0.3 is 4.90 Å². The molecule has 0 spiro atoms. The van der Waals surface area contributed by atoms with Crippen LogP contribution in [0, 0.1) is 0 Å². The van der Waals surface area contributed by atoms with E-state index in [-0.39, 0.29) is 5.91 Å². The predicted molar refractivity (Wildman–Crippen MR) is 102 cm³/mol. The van der Waals surface area contributed by atoms with Crippen molar-refractivity contribution in [3.8, 4) is 0 Å². The van der Waals surface area contributed by atoms with Gasteiger partial charge in [0.05, 0.1) is 3.79 Å². The van der Waals surface area contributed by atoms with Crippen LogP contribution in [0.1, 0.15) is 12.0 Å². The van der Waals surface area contributed by atoms with Crippen LogP contribution in [0.25, 0.3) is 0 Å². The number of hydrogen-bond donors (Lipinski definition) is 0. The minimum Gasteiger partial charge on any atom is -0.340 e. The second kappa shape index (κ2) is 7.99. The standard InChI is InChI=1S/C17H19BrN2O3S2/c18-15-7-9-17(24-15)25(22,23)20-12-10-19(11-13-20)16(21)8-6-14-4-2-1-3-5-14/h1-5,7,9H,6,8,10-13H2. The van der Waals surface area contributed by atoms with Crippen LogP contribution in [0.15, 0.2) is 50.5 Å². The van der Waals surface area contributed by atoms with Crippen LogP contribution in [0.2, 0.25) is 0 Å². The van der Waals surface area contributed by atoms with E-state index in [9.17, 15) is 13.2 Å². The number of aryl methyl sites for hydroxylation is 1. The van der Waals surface area contributed by atoms with Crippen molar-refractivity contribution in [2.75, 3.05) is 26.2 Å². The van der Waals surface area contributed by atoms with E-state index in [4.69, 9.17) is 0 Å². The van der Waals surface area contributed by atoms with Gasteiger partial charge in [0.15, 0.2) is 0 Å². The van der Waals surface area contributed by atoms with Crippen LogP contribution in [0.3, 0.4) is 0 Å². The normalized spacial score (nSPS) is 16.1. The number of nitrogens with zero attached hydrogens (tertiary/aromatic N) is 2. The third-order valence-corrected chi connectivity index (χ3v) is 8.19. The van der Waals surface area contributed by atoms with Crippen molar-refractivity contribution in [1.29, 1.82) is 0 Å². The molecule has 0 N–H and O–H groups in total. The van der Waals surface area contributed by atoms with Gasteiger partial charge >= 0.3 is 0 Å². The lowest BCUT2D eigenvalue weighted by Gasteiger charge is -2.33. The topological polar surface area (TPSA) is 57.7 Å². The van der Waals surface area contributed by atoms with Gasteiger partial charge in [0.2, 0.25) is 5.91 Å². The van der Waals surface area contributed by atoms with E-state index in [2.05, 4.69) is 15.9 Å². The number of carbonyl (C=O) groups is 1. The molecule has 0 aliphatic carbocycles. The van der Waals surface area contributed by atoms with E-state index in [1.807, 2.05) is 30.3 Å². The summed E-state index contributed by atoms with van der Waals surface area (Å²) in [4.78, 5) is 14.1. The molecule has 1 aromatic heterocycles. The highest BCUT2D eigenvalue weighted by Gasteiger charge is 2.30. The molecular weight excluding hydrogens is 424 g/mol. The summed E-state index contributed by atoms with van der Waals surface area (Å²) in [6.07, 6.45) is 1.16. The van der Waals surface area contributed by atoms with Crippen molar-refractivity contribution in [3.63, 3.8) is 0 Å². The van der Waals surface area contributed by atoms with Gasteiger partial charge in [0, 0.05) is 32.6 Å². The zero-order valence-electron chi connectivity index (χ0n) is 13.6. The van der Waals surface area contributed by atoms with E-state index in [0.29, 0.717) is 43.2 Å². The highest BCUT2D eigenvalue weighted by molar-refractivity contribution is 9.11. The number of hydrogen-bond acceptors (Lipinski definition) is 4. The summed E-state index contributed by atoms with van der Waals surface area (Å²) < 4.78 is 27.8. The first-order chi connectivity index (χ1) is 12.0. The van der Waals surface area contributed by atoms with Crippen LogP contribution in [0.4, 0.5) is 0 Å². The SMILES string of the molecule is O=C(CCc1ccccc1)N1CCN(S(=O)(=O)c2ccc(Br)s2)CC1. The van der Waals surface area contributed by atoms with Gasteiger partial charge in [-0.15, -0.1) is 11.3 Å². The fraction of sp³-hybridized carbons (Fsp3) is 0.353. The second-order valence-corrected chi connectivity index (χ2v) is 10.5. The summed E-state index contributed by atoms with van der Waals surface area (Å²) in [5.74, 6) is 0.0831. The van der Waals surface area contributed by atoms with Crippen LogP contribution < -0.4 is 0 Å². The molecule has 0 bridgehead atoms. The van der Waals surface area contributed by atoms with Crippen molar-refractivity contribution in [2.45, 2.75) is 17.1 Å². The molecule has 1 aliphatic heterocycles. The smallest absolute Gasteiger partial charge is 0.252 e. The Bertz CT molecular complexity index is 829. The monoisotopic (exact) mass is 442 g/mol. The molecule has 0 unspecified atom stereocenters. The third-order valence-electron chi connectivity index (χ3n) is 4.20. The molecule has 2 heterocycles. The Morgan fingerprint density at radius 2 is 1.72 bits per heavy atom. The largest absolute Gasteiger partial charge is 0.340 e. The predicted octanol–water partition coefficient (Wildman–Crippen LogP) is 2.98. The third kappa shape index (κ3) is 4.49. The average Bonchev–Trinajstić information content (AvgIpc) is 3.08. The number of thiophene rings is 1. The minimum atomic E-state index is -3.46. The van der Waals surface area contributed by atoms with E-state index < -0.39 is 10.0 Å². The number of halogens is 1. The van der Waals surface area contributed by atoms with Gasteiger partial charge in [-0.3, -0.25) is 4.79 Å². The maximum Gasteiger partial charge on any atom is 0.252 e. The summed E-state index contributed by atoms with van der Waals surface area (Å²) in [7, 11) is -3.46. The number of amides is 1. The summed E-state index contributed by atoms with van der Waals surface area (Å²) in [6, 6.07) is 13.3. The fourth-order valence-corrected chi connectivity index (χ4v) is 6.38. The molecule has 1 aromatic carbocycles. The summed E-state index contributed by atoms with van der Waals surface area (Å²) in [5, 5.41) is 0.